The third-order valence-corrected chi connectivity index (χ3v) is 7.68. The third kappa shape index (κ3) is 2.80. The van der Waals surface area contributed by atoms with Gasteiger partial charge in [0.2, 0.25) is 0 Å². The highest BCUT2D eigenvalue weighted by Crippen LogP contribution is 2.42. The van der Waals surface area contributed by atoms with E-state index in [1.54, 1.807) is 0 Å². The topological polar surface area (TPSA) is 17.3 Å². The summed E-state index contributed by atoms with van der Waals surface area (Å²) < 4.78 is 2.34. The highest BCUT2D eigenvalue weighted by Gasteiger charge is 2.21. The summed E-state index contributed by atoms with van der Waals surface area (Å²) in [6, 6.07) is 29.0. The molecule has 7 rings (SSSR count). The Morgan fingerprint density at radius 3 is 2.09 bits per heavy atom. The first-order valence-corrected chi connectivity index (χ1v) is 12.6. The summed E-state index contributed by atoms with van der Waals surface area (Å²) in [5.41, 5.74) is 7.36. The maximum absolute atomic E-state index is 5.36. The summed E-state index contributed by atoms with van der Waals surface area (Å²) >= 11 is 0. The summed E-state index contributed by atoms with van der Waals surface area (Å²) in [4.78, 5) is 5.36. The Labute approximate surface area is 205 Å². The van der Waals surface area contributed by atoms with E-state index in [-0.39, 0.29) is 0 Å². The fourth-order valence-corrected chi connectivity index (χ4v) is 6.05. The molecule has 0 atom stereocenters. The highest BCUT2D eigenvalue weighted by molar-refractivity contribution is 6.30. The van der Waals surface area contributed by atoms with E-state index in [1.165, 1.54) is 59.9 Å². The molecular formula is C33H28N2. The van der Waals surface area contributed by atoms with Crippen LogP contribution in [0.1, 0.15) is 50.7 Å². The number of hydrogen-bond donors (Lipinski definition) is 0. The quantitative estimate of drug-likeness (QED) is 0.193. The SMILES string of the molecule is CC(C)c1cccc(C(C)C)c1-c1cn2c3cc4ccccc4c4ccc5cccc(c5c43)c2n1. The average Bonchev–Trinajstić information content (AvgIpc) is 3.32. The number of pyridine rings is 1. The molecule has 2 nitrogen and oxygen atoms in total. The van der Waals surface area contributed by atoms with E-state index in [4.69, 9.17) is 4.98 Å². The van der Waals surface area contributed by atoms with Crippen LogP contribution >= 0.6 is 0 Å². The van der Waals surface area contributed by atoms with Gasteiger partial charge in [0, 0.05) is 27.9 Å². The number of aromatic nitrogens is 2. The number of benzene rings is 5. The van der Waals surface area contributed by atoms with Crippen LogP contribution in [0.25, 0.3) is 60.1 Å². The predicted octanol–water partition coefficient (Wildman–Crippen LogP) is 9.30. The summed E-state index contributed by atoms with van der Waals surface area (Å²) in [5, 5.41) is 9.01. The van der Waals surface area contributed by atoms with Crippen molar-refractivity contribution in [3.8, 4) is 11.3 Å². The van der Waals surface area contributed by atoms with E-state index in [1.807, 2.05) is 0 Å². The Morgan fingerprint density at radius 2 is 1.31 bits per heavy atom. The molecular weight excluding hydrogens is 424 g/mol. The van der Waals surface area contributed by atoms with Gasteiger partial charge < -0.3 is 0 Å². The molecule has 2 heterocycles. The lowest BCUT2D eigenvalue weighted by Crippen LogP contribution is -1.99. The molecule has 0 amide bonds. The van der Waals surface area contributed by atoms with Crippen molar-refractivity contribution >= 4 is 48.9 Å². The highest BCUT2D eigenvalue weighted by atomic mass is 15.0. The molecule has 0 fully saturated rings. The Bertz CT molecular complexity index is 1880. The molecule has 0 aliphatic heterocycles. The molecule has 0 N–H and O–H groups in total. The van der Waals surface area contributed by atoms with Crippen molar-refractivity contribution in [2.75, 3.05) is 0 Å². The van der Waals surface area contributed by atoms with Crippen molar-refractivity contribution in [3.05, 3.63) is 96.2 Å². The molecule has 0 saturated carbocycles. The second kappa shape index (κ2) is 7.29. The van der Waals surface area contributed by atoms with Crippen LogP contribution in [0.2, 0.25) is 0 Å². The van der Waals surface area contributed by atoms with Crippen molar-refractivity contribution in [1.82, 2.24) is 9.38 Å². The Hall–Kier alpha value is -3.91. The second-order valence-corrected chi connectivity index (χ2v) is 10.4. The van der Waals surface area contributed by atoms with Gasteiger partial charge in [0.25, 0.3) is 0 Å². The first-order chi connectivity index (χ1) is 17.0. The van der Waals surface area contributed by atoms with Crippen molar-refractivity contribution in [2.24, 2.45) is 0 Å². The smallest absolute Gasteiger partial charge is 0.145 e. The lowest BCUT2D eigenvalue weighted by Gasteiger charge is -2.18. The van der Waals surface area contributed by atoms with E-state index in [2.05, 4.69) is 117 Å². The molecule has 0 aliphatic carbocycles. The molecule has 0 saturated heterocycles. The molecule has 7 aromatic rings. The van der Waals surface area contributed by atoms with Gasteiger partial charge in [-0.25, -0.2) is 4.98 Å². The number of hydrogen-bond acceptors (Lipinski definition) is 1. The molecule has 35 heavy (non-hydrogen) atoms. The second-order valence-electron chi connectivity index (χ2n) is 10.4. The van der Waals surface area contributed by atoms with Crippen LogP contribution in [0.3, 0.4) is 0 Å². The summed E-state index contributed by atoms with van der Waals surface area (Å²) in [5.74, 6) is 0.853. The fraction of sp³-hybridized carbons (Fsp3) is 0.182. The van der Waals surface area contributed by atoms with Crippen LogP contribution in [-0.2, 0) is 0 Å². The van der Waals surface area contributed by atoms with Crippen molar-refractivity contribution in [2.45, 2.75) is 39.5 Å². The zero-order valence-electron chi connectivity index (χ0n) is 20.6. The van der Waals surface area contributed by atoms with Crippen LogP contribution in [0.15, 0.2) is 85.1 Å². The predicted molar refractivity (Wildman–Crippen MR) is 150 cm³/mol. The molecule has 0 radical (unpaired) electrons. The van der Waals surface area contributed by atoms with Crippen LogP contribution < -0.4 is 0 Å². The van der Waals surface area contributed by atoms with Crippen molar-refractivity contribution in [1.29, 1.82) is 0 Å². The molecule has 2 aromatic heterocycles. The number of imidazole rings is 1. The van der Waals surface area contributed by atoms with Gasteiger partial charge in [0.15, 0.2) is 0 Å². The van der Waals surface area contributed by atoms with Crippen LogP contribution in [-0.4, -0.2) is 9.38 Å². The summed E-state index contributed by atoms with van der Waals surface area (Å²) in [7, 11) is 0. The largest absolute Gasteiger partial charge is 0.298 e. The average molecular weight is 453 g/mol. The molecule has 5 aromatic carbocycles. The standard InChI is InChI=1S/C33H28N2/c1-19(2)23-12-8-13-24(20(3)4)31(23)28-18-35-29-17-22-9-5-6-11-25(22)26-16-15-21-10-7-14-27(33(35)34-28)30(21)32(26)29/h5-20H,1-4H3. The van der Waals surface area contributed by atoms with Gasteiger partial charge in [0.1, 0.15) is 5.65 Å². The lowest BCUT2D eigenvalue weighted by atomic mass is 9.87. The number of fused-ring (bicyclic) bond motifs is 5. The maximum atomic E-state index is 5.36. The Kier molecular flexibility index (Phi) is 4.26. The molecule has 0 bridgehead atoms. The molecule has 0 spiro atoms. The van der Waals surface area contributed by atoms with Gasteiger partial charge in [-0.3, -0.25) is 4.40 Å². The van der Waals surface area contributed by atoms with E-state index >= 15 is 0 Å². The van der Waals surface area contributed by atoms with E-state index in [9.17, 15) is 0 Å². The molecule has 170 valence electrons. The monoisotopic (exact) mass is 452 g/mol. The maximum Gasteiger partial charge on any atom is 0.145 e. The van der Waals surface area contributed by atoms with Crippen LogP contribution in [0.4, 0.5) is 0 Å². The first kappa shape index (κ1) is 20.5. The number of nitrogens with zero attached hydrogens (tertiary/aromatic N) is 2. The van der Waals surface area contributed by atoms with Gasteiger partial charge >= 0.3 is 0 Å². The molecule has 0 aliphatic rings. The van der Waals surface area contributed by atoms with Gasteiger partial charge in [-0.15, -0.1) is 0 Å². The normalized spacial score (nSPS) is 12.5. The van der Waals surface area contributed by atoms with Gasteiger partial charge in [-0.1, -0.05) is 100 Å². The van der Waals surface area contributed by atoms with Crippen LogP contribution in [0, 0.1) is 0 Å². The van der Waals surface area contributed by atoms with Gasteiger partial charge in [-0.2, -0.15) is 0 Å². The van der Waals surface area contributed by atoms with E-state index in [0.717, 1.165) is 11.3 Å². The minimum atomic E-state index is 0.426. The first-order valence-electron chi connectivity index (χ1n) is 12.6. The minimum absolute atomic E-state index is 0.426. The zero-order chi connectivity index (χ0) is 23.8. The summed E-state index contributed by atoms with van der Waals surface area (Å²) in [6.07, 6.45) is 2.28. The van der Waals surface area contributed by atoms with Crippen molar-refractivity contribution < 1.29 is 0 Å². The summed E-state index contributed by atoms with van der Waals surface area (Å²) in [6.45, 7) is 9.12. The fourth-order valence-electron chi connectivity index (χ4n) is 6.05. The van der Waals surface area contributed by atoms with E-state index < -0.39 is 0 Å². The van der Waals surface area contributed by atoms with Crippen molar-refractivity contribution in [3.63, 3.8) is 0 Å². The van der Waals surface area contributed by atoms with Gasteiger partial charge in [-0.05, 0) is 50.6 Å². The Morgan fingerprint density at radius 1 is 0.629 bits per heavy atom. The van der Waals surface area contributed by atoms with E-state index in [0.29, 0.717) is 11.8 Å². The zero-order valence-corrected chi connectivity index (χ0v) is 20.6. The number of rotatable bonds is 3. The lowest BCUT2D eigenvalue weighted by molar-refractivity contribution is 0.837. The van der Waals surface area contributed by atoms with Crippen LogP contribution in [0.5, 0.6) is 0 Å². The molecule has 0 unspecified atom stereocenters. The van der Waals surface area contributed by atoms with Gasteiger partial charge in [0.05, 0.1) is 11.2 Å². The third-order valence-electron chi connectivity index (χ3n) is 7.68. The minimum Gasteiger partial charge on any atom is -0.298 e. The Balaban J connectivity index is 1.70. The molecule has 2 heteroatoms.